The average molecular weight is 406 g/mol. The molecule has 0 spiro atoms. The van der Waals surface area contributed by atoms with Crippen LogP contribution in [-0.4, -0.2) is 29.6 Å². The molecule has 148 valence electrons. The Morgan fingerprint density at radius 2 is 1.79 bits per heavy atom. The van der Waals surface area contributed by atoms with E-state index in [1.807, 2.05) is 46.7 Å². The summed E-state index contributed by atoms with van der Waals surface area (Å²) < 4.78 is 5.20. The van der Waals surface area contributed by atoms with Crippen molar-refractivity contribution in [2.24, 2.45) is 0 Å². The maximum Gasteiger partial charge on any atom is 0.139 e. The van der Waals surface area contributed by atoms with Gasteiger partial charge in [0, 0.05) is 16.6 Å². The van der Waals surface area contributed by atoms with Crippen LogP contribution in [0.15, 0.2) is 59.7 Å². The van der Waals surface area contributed by atoms with Crippen LogP contribution in [0.1, 0.15) is 30.3 Å². The molecule has 0 atom stereocenters. The van der Waals surface area contributed by atoms with Crippen LogP contribution in [0.5, 0.6) is 5.75 Å². The lowest BCUT2D eigenvalue weighted by Crippen LogP contribution is -2.26. The van der Waals surface area contributed by atoms with Gasteiger partial charge in [0.05, 0.1) is 24.9 Å². The summed E-state index contributed by atoms with van der Waals surface area (Å²) >= 11 is 1.43. The monoisotopic (exact) mass is 405 g/mol. The number of nitrogens with zero attached hydrogens (tertiary/aromatic N) is 2. The van der Waals surface area contributed by atoms with Crippen molar-refractivity contribution in [1.29, 1.82) is 5.41 Å². The van der Waals surface area contributed by atoms with Gasteiger partial charge in [0.25, 0.3) is 0 Å². The number of amidine groups is 1. The standard InChI is InChI=1S/C23H23N3O2S/c1-14(2)15-4-8-17(9-5-15)26-12-20(27)21(22(26)24)23-25-19(13-29-23)16-6-10-18(28-3)11-7-16/h4-11,13-14,24,27H,12H2,1-3H3. The Kier molecular flexibility index (Phi) is 5.11. The lowest BCUT2D eigenvalue weighted by Gasteiger charge is -2.19. The van der Waals surface area contributed by atoms with Crippen molar-refractivity contribution in [2.75, 3.05) is 18.6 Å². The number of aliphatic hydroxyl groups is 1. The van der Waals surface area contributed by atoms with Gasteiger partial charge in [-0.05, 0) is 47.9 Å². The molecule has 6 heteroatoms. The second-order valence-corrected chi connectivity index (χ2v) is 8.13. The summed E-state index contributed by atoms with van der Waals surface area (Å²) in [5, 5.41) is 21.8. The van der Waals surface area contributed by atoms with E-state index in [1.54, 1.807) is 7.11 Å². The number of aliphatic hydroxyl groups excluding tert-OH is 1. The molecule has 0 bridgehead atoms. The fraction of sp³-hybridized carbons (Fsp3) is 0.217. The van der Waals surface area contributed by atoms with Gasteiger partial charge in [-0.1, -0.05) is 26.0 Å². The summed E-state index contributed by atoms with van der Waals surface area (Å²) in [7, 11) is 1.64. The van der Waals surface area contributed by atoms with Gasteiger partial charge in [0.15, 0.2) is 0 Å². The largest absolute Gasteiger partial charge is 0.510 e. The minimum Gasteiger partial charge on any atom is -0.510 e. The Morgan fingerprint density at radius 1 is 1.10 bits per heavy atom. The highest BCUT2D eigenvalue weighted by atomic mass is 32.1. The van der Waals surface area contributed by atoms with Crippen LogP contribution in [0.3, 0.4) is 0 Å². The fourth-order valence-electron chi connectivity index (χ4n) is 3.35. The highest BCUT2D eigenvalue weighted by Crippen LogP contribution is 2.35. The third-order valence-electron chi connectivity index (χ3n) is 5.08. The smallest absolute Gasteiger partial charge is 0.139 e. The molecule has 1 aliphatic rings. The third kappa shape index (κ3) is 3.63. The highest BCUT2D eigenvalue weighted by molar-refractivity contribution is 7.11. The molecule has 5 nitrogen and oxygen atoms in total. The number of ether oxygens (including phenoxy) is 1. The van der Waals surface area contributed by atoms with Gasteiger partial charge in [-0.15, -0.1) is 11.3 Å². The Balaban J connectivity index is 1.58. The summed E-state index contributed by atoms with van der Waals surface area (Å²) in [6.07, 6.45) is 0. The van der Waals surface area contributed by atoms with Gasteiger partial charge < -0.3 is 14.7 Å². The maximum atomic E-state index is 10.6. The molecule has 0 aliphatic carbocycles. The predicted molar refractivity (Wildman–Crippen MR) is 119 cm³/mol. The number of hydrogen-bond acceptors (Lipinski definition) is 5. The molecule has 0 saturated carbocycles. The number of nitrogens with one attached hydrogen (secondary N) is 1. The number of methoxy groups -OCH3 is 1. The lowest BCUT2D eigenvalue weighted by atomic mass is 10.0. The summed E-state index contributed by atoms with van der Waals surface area (Å²) in [4.78, 5) is 6.49. The molecule has 2 aromatic carbocycles. The Bertz CT molecular complexity index is 1070. The zero-order chi connectivity index (χ0) is 20.5. The highest BCUT2D eigenvalue weighted by Gasteiger charge is 2.31. The number of rotatable bonds is 5. The normalized spacial score (nSPS) is 14.2. The first-order valence-electron chi connectivity index (χ1n) is 9.46. The van der Waals surface area contributed by atoms with E-state index in [1.165, 1.54) is 16.9 Å². The predicted octanol–water partition coefficient (Wildman–Crippen LogP) is 5.71. The van der Waals surface area contributed by atoms with Gasteiger partial charge in [-0.2, -0.15) is 0 Å². The van der Waals surface area contributed by atoms with E-state index in [9.17, 15) is 5.11 Å². The maximum absolute atomic E-state index is 10.6. The van der Waals surface area contributed by atoms with Crippen molar-refractivity contribution in [2.45, 2.75) is 19.8 Å². The molecule has 0 radical (unpaired) electrons. The molecule has 1 aliphatic heterocycles. The molecule has 29 heavy (non-hydrogen) atoms. The molecular formula is C23H23N3O2S. The third-order valence-corrected chi connectivity index (χ3v) is 5.94. The number of anilines is 1. The van der Waals surface area contributed by atoms with Crippen molar-refractivity contribution in [3.05, 3.63) is 70.2 Å². The van der Waals surface area contributed by atoms with Gasteiger partial charge in [-0.25, -0.2) is 4.98 Å². The van der Waals surface area contributed by atoms with Crippen LogP contribution < -0.4 is 9.64 Å². The van der Waals surface area contributed by atoms with Crippen molar-refractivity contribution in [3.63, 3.8) is 0 Å². The Hall–Kier alpha value is -3.12. The number of hydrogen-bond donors (Lipinski definition) is 2. The first kappa shape index (κ1) is 19.2. The van der Waals surface area contributed by atoms with Crippen LogP contribution in [0.4, 0.5) is 5.69 Å². The van der Waals surface area contributed by atoms with E-state index in [0.717, 1.165) is 22.7 Å². The first-order chi connectivity index (χ1) is 14.0. The number of thiazole rings is 1. The van der Waals surface area contributed by atoms with E-state index in [0.29, 0.717) is 16.5 Å². The van der Waals surface area contributed by atoms with E-state index in [4.69, 9.17) is 10.1 Å². The van der Waals surface area contributed by atoms with Crippen LogP contribution >= 0.6 is 11.3 Å². The zero-order valence-electron chi connectivity index (χ0n) is 16.6. The minimum atomic E-state index is 0.179. The van der Waals surface area contributed by atoms with Crippen LogP contribution in [0.2, 0.25) is 0 Å². The van der Waals surface area contributed by atoms with E-state index < -0.39 is 0 Å². The van der Waals surface area contributed by atoms with Crippen LogP contribution in [-0.2, 0) is 0 Å². The molecule has 0 fully saturated rings. The molecule has 4 rings (SSSR count). The van der Waals surface area contributed by atoms with Crippen molar-refractivity contribution in [1.82, 2.24) is 4.98 Å². The molecular weight excluding hydrogens is 382 g/mol. The number of aromatic nitrogens is 1. The SMILES string of the molecule is COc1ccc(-c2csc(C3=C(O)CN(c4ccc(C(C)C)cc4)C3=N)n2)cc1. The van der Waals surface area contributed by atoms with Crippen LogP contribution in [0, 0.1) is 5.41 Å². The quantitative estimate of drug-likeness (QED) is 0.570. The van der Waals surface area contributed by atoms with Gasteiger partial charge in [0.2, 0.25) is 0 Å². The van der Waals surface area contributed by atoms with Crippen molar-refractivity contribution < 1.29 is 9.84 Å². The van der Waals surface area contributed by atoms with Gasteiger partial charge in [0.1, 0.15) is 22.4 Å². The van der Waals surface area contributed by atoms with E-state index in [-0.39, 0.29) is 18.1 Å². The molecule has 3 aromatic rings. The Labute approximate surface area is 174 Å². The molecule has 1 aromatic heterocycles. The molecule has 0 amide bonds. The topological polar surface area (TPSA) is 69.4 Å². The zero-order valence-corrected chi connectivity index (χ0v) is 17.5. The number of benzene rings is 2. The summed E-state index contributed by atoms with van der Waals surface area (Å²) in [5.41, 5.74) is 4.44. The Morgan fingerprint density at radius 3 is 2.41 bits per heavy atom. The molecule has 2 N–H and O–H groups in total. The van der Waals surface area contributed by atoms with Gasteiger partial charge >= 0.3 is 0 Å². The molecule has 0 saturated heterocycles. The summed E-state index contributed by atoms with van der Waals surface area (Å²) in [6, 6.07) is 15.9. The van der Waals surface area contributed by atoms with E-state index >= 15 is 0 Å². The van der Waals surface area contributed by atoms with E-state index in [2.05, 4.69) is 31.0 Å². The lowest BCUT2D eigenvalue weighted by molar-refractivity contribution is 0.411. The summed E-state index contributed by atoms with van der Waals surface area (Å²) in [5.74, 6) is 1.70. The summed E-state index contributed by atoms with van der Waals surface area (Å²) in [6.45, 7) is 4.59. The molecule has 0 unspecified atom stereocenters. The second-order valence-electron chi connectivity index (χ2n) is 7.27. The minimum absolute atomic E-state index is 0.179. The second kappa shape index (κ2) is 7.72. The molecule has 2 heterocycles. The fourth-order valence-corrected chi connectivity index (χ4v) is 4.24. The van der Waals surface area contributed by atoms with Crippen molar-refractivity contribution >= 4 is 28.4 Å². The van der Waals surface area contributed by atoms with Gasteiger partial charge in [-0.3, -0.25) is 5.41 Å². The average Bonchev–Trinajstić information content (AvgIpc) is 3.32. The first-order valence-corrected chi connectivity index (χ1v) is 10.3. The van der Waals surface area contributed by atoms with Crippen LogP contribution in [0.25, 0.3) is 16.8 Å². The van der Waals surface area contributed by atoms with Crippen molar-refractivity contribution in [3.8, 4) is 17.0 Å².